The molecule has 31 heavy (non-hydrogen) atoms. The van der Waals surface area contributed by atoms with Crippen molar-refractivity contribution in [2.45, 2.75) is 90.6 Å². The third kappa shape index (κ3) is 9.61. The minimum absolute atomic E-state index is 0.0665. The maximum Gasteiger partial charge on any atom is 0.256 e. The molecule has 1 saturated heterocycles. The summed E-state index contributed by atoms with van der Waals surface area (Å²) in [5.41, 5.74) is -0.00281. The number of nitrogens with zero attached hydrogens (tertiary/aromatic N) is 1. The van der Waals surface area contributed by atoms with Gasteiger partial charge in [0.05, 0.1) is 6.61 Å². The van der Waals surface area contributed by atoms with Gasteiger partial charge in [0.25, 0.3) is 5.91 Å². The Labute approximate surface area is 189 Å². The van der Waals surface area contributed by atoms with E-state index in [0.717, 1.165) is 63.1 Å². The van der Waals surface area contributed by atoms with Crippen LogP contribution < -0.4 is 10.1 Å². The van der Waals surface area contributed by atoms with Crippen molar-refractivity contribution < 1.29 is 14.3 Å². The Morgan fingerprint density at radius 3 is 2.32 bits per heavy atom. The number of carbonyl (C=O) groups excluding carboxylic acids is 1. The molecule has 0 radical (unpaired) electrons. The van der Waals surface area contributed by atoms with Crippen molar-refractivity contribution in [1.29, 1.82) is 0 Å². The molecule has 1 N–H and O–H groups in total. The highest BCUT2D eigenvalue weighted by Gasteiger charge is 2.33. The van der Waals surface area contributed by atoms with Gasteiger partial charge < -0.3 is 19.7 Å². The fourth-order valence-corrected chi connectivity index (χ4v) is 4.03. The lowest BCUT2D eigenvalue weighted by molar-refractivity contribution is -0.140. The van der Waals surface area contributed by atoms with Gasteiger partial charge in [-0.3, -0.25) is 4.79 Å². The van der Waals surface area contributed by atoms with E-state index < -0.39 is 5.60 Å². The number of benzene rings is 1. The van der Waals surface area contributed by atoms with Gasteiger partial charge in [-0.15, -0.1) is 0 Å². The largest absolute Gasteiger partial charge is 0.494 e. The van der Waals surface area contributed by atoms with Crippen LogP contribution in [0.25, 0.3) is 0 Å². The highest BCUT2D eigenvalue weighted by atomic mass is 16.5. The van der Waals surface area contributed by atoms with Crippen molar-refractivity contribution in [3.05, 3.63) is 24.3 Å². The third-order valence-corrected chi connectivity index (χ3v) is 6.06. The predicted molar refractivity (Wildman–Crippen MR) is 129 cm³/mol. The molecule has 0 bridgehead atoms. The van der Waals surface area contributed by atoms with Gasteiger partial charge in [-0.2, -0.15) is 0 Å². The zero-order valence-electron chi connectivity index (χ0n) is 20.1. The molecule has 1 aromatic rings. The van der Waals surface area contributed by atoms with Gasteiger partial charge in [0, 0.05) is 18.8 Å². The molecule has 1 amide bonds. The Morgan fingerprint density at radius 2 is 1.68 bits per heavy atom. The minimum atomic E-state index is -0.784. The SMILES string of the molecule is CCCCC[C@](C)(OCCC)C(=O)Nc1ccc(OCCCN2CCCCCC2)cc1. The molecule has 176 valence electrons. The van der Waals surface area contributed by atoms with Crippen LogP contribution in [-0.2, 0) is 9.53 Å². The molecule has 5 heteroatoms. The maximum atomic E-state index is 12.9. The zero-order valence-corrected chi connectivity index (χ0v) is 20.1. The fourth-order valence-electron chi connectivity index (χ4n) is 4.03. The molecule has 1 aromatic carbocycles. The third-order valence-electron chi connectivity index (χ3n) is 6.06. The summed E-state index contributed by atoms with van der Waals surface area (Å²) in [6, 6.07) is 7.69. The van der Waals surface area contributed by atoms with Gasteiger partial charge in [-0.1, -0.05) is 46.0 Å². The monoisotopic (exact) mass is 432 g/mol. The summed E-state index contributed by atoms with van der Waals surface area (Å²) in [6.45, 7) is 11.0. The van der Waals surface area contributed by atoms with Crippen LogP contribution in [0.3, 0.4) is 0 Å². The number of unbranched alkanes of at least 4 members (excludes halogenated alkanes) is 2. The highest BCUT2D eigenvalue weighted by molar-refractivity contribution is 5.97. The van der Waals surface area contributed by atoms with E-state index in [1.165, 1.54) is 38.8 Å². The number of carbonyl (C=O) groups is 1. The lowest BCUT2D eigenvalue weighted by atomic mass is 9.96. The summed E-state index contributed by atoms with van der Waals surface area (Å²) in [6.07, 6.45) is 11.3. The van der Waals surface area contributed by atoms with E-state index in [9.17, 15) is 4.79 Å². The normalized spacial score (nSPS) is 17.0. The van der Waals surface area contributed by atoms with Gasteiger partial charge in [-0.25, -0.2) is 0 Å². The van der Waals surface area contributed by atoms with Crippen LogP contribution >= 0.6 is 0 Å². The number of hydrogen-bond donors (Lipinski definition) is 1. The number of amides is 1. The molecule has 0 unspecified atom stereocenters. The van der Waals surface area contributed by atoms with Crippen molar-refractivity contribution in [3.63, 3.8) is 0 Å². The number of hydrogen-bond acceptors (Lipinski definition) is 4. The van der Waals surface area contributed by atoms with Crippen LogP contribution in [0.5, 0.6) is 5.75 Å². The standard InChI is InChI=1S/C26H44N2O3/c1-4-6-9-17-26(3,31-21-5-2)25(29)27-23-13-15-24(16-14-23)30-22-12-20-28-18-10-7-8-11-19-28/h13-16H,4-12,17-22H2,1-3H3,(H,27,29)/t26-/m0/s1. The smallest absolute Gasteiger partial charge is 0.256 e. The van der Waals surface area contributed by atoms with Gasteiger partial charge >= 0.3 is 0 Å². The molecule has 0 saturated carbocycles. The number of rotatable bonds is 14. The van der Waals surface area contributed by atoms with E-state index in [4.69, 9.17) is 9.47 Å². The fraction of sp³-hybridized carbons (Fsp3) is 0.731. The molecule has 1 aliphatic heterocycles. The second kappa shape index (κ2) is 14.5. The molecular weight excluding hydrogens is 388 g/mol. The van der Waals surface area contributed by atoms with Crippen molar-refractivity contribution in [1.82, 2.24) is 4.90 Å². The van der Waals surface area contributed by atoms with E-state index in [-0.39, 0.29) is 5.91 Å². The molecular formula is C26H44N2O3. The Morgan fingerprint density at radius 1 is 0.968 bits per heavy atom. The lowest BCUT2D eigenvalue weighted by Crippen LogP contribution is -2.43. The van der Waals surface area contributed by atoms with Crippen LogP contribution in [0, 0.1) is 0 Å². The first-order valence-electron chi connectivity index (χ1n) is 12.5. The van der Waals surface area contributed by atoms with E-state index in [0.29, 0.717) is 6.61 Å². The topological polar surface area (TPSA) is 50.8 Å². The lowest BCUT2D eigenvalue weighted by Gasteiger charge is -2.28. The molecule has 1 aliphatic rings. The van der Waals surface area contributed by atoms with Crippen molar-refractivity contribution in [3.8, 4) is 5.75 Å². The number of anilines is 1. The summed E-state index contributed by atoms with van der Waals surface area (Å²) in [5, 5.41) is 3.04. The summed E-state index contributed by atoms with van der Waals surface area (Å²) in [7, 11) is 0. The molecule has 1 fully saturated rings. The zero-order chi connectivity index (χ0) is 22.4. The van der Waals surface area contributed by atoms with Crippen molar-refractivity contribution in [2.24, 2.45) is 0 Å². The second-order valence-corrected chi connectivity index (χ2v) is 8.97. The van der Waals surface area contributed by atoms with E-state index in [1.54, 1.807) is 0 Å². The molecule has 1 atom stereocenters. The first-order chi connectivity index (χ1) is 15.1. The summed E-state index contributed by atoms with van der Waals surface area (Å²) >= 11 is 0. The first kappa shape index (κ1) is 25.7. The molecule has 2 rings (SSSR count). The molecule has 5 nitrogen and oxygen atoms in total. The Kier molecular flexibility index (Phi) is 12.0. The summed E-state index contributed by atoms with van der Waals surface area (Å²) in [5.74, 6) is 0.782. The first-order valence-corrected chi connectivity index (χ1v) is 12.5. The van der Waals surface area contributed by atoms with Crippen LogP contribution in [0.15, 0.2) is 24.3 Å². The highest BCUT2D eigenvalue weighted by Crippen LogP contribution is 2.24. The minimum Gasteiger partial charge on any atom is -0.494 e. The quantitative estimate of drug-likeness (QED) is 0.364. The van der Waals surface area contributed by atoms with Crippen LogP contribution in [0.4, 0.5) is 5.69 Å². The van der Waals surface area contributed by atoms with Gasteiger partial charge in [0.15, 0.2) is 0 Å². The molecule has 0 spiro atoms. The van der Waals surface area contributed by atoms with E-state index >= 15 is 0 Å². The van der Waals surface area contributed by atoms with Crippen LogP contribution in [0.2, 0.25) is 0 Å². The predicted octanol–water partition coefficient (Wildman–Crippen LogP) is 6.04. The maximum absolute atomic E-state index is 12.9. The Hall–Kier alpha value is -1.59. The number of nitrogens with one attached hydrogen (secondary N) is 1. The van der Waals surface area contributed by atoms with Crippen molar-refractivity contribution in [2.75, 3.05) is 38.2 Å². The van der Waals surface area contributed by atoms with Gasteiger partial charge in [0.1, 0.15) is 11.4 Å². The average molecular weight is 433 g/mol. The molecule has 0 aliphatic carbocycles. The van der Waals surface area contributed by atoms with E-state index in [2.05, 4.69) is 24.1 Å². The molecule has 0 aromatic heterocycles. The second-order valence-electron chi connectivity index (χ2n) is 8.97. The van der Waals surface area contributed by atoms with E-state index in [1.807, 2.05) is 31.2 Å². The van der Waals surface area contributed by atoms with Gasteiger partial charge in [-0.05, 0) is 76.4 Å². The number of likely N-dealkylation sites (tertiary alicyclic amines) is 1. The summed E-state index contributed by atoms with van der Waals surface area (Å²) < 4.78 is 11.9. The van der Waals surface area contributed by atoms with Crippen LogP contribution in [-0.4, -0.2) is 49.3 Å². The Bertz CT molecular complexity index is 612. The summed E-state index contributed by atoms with van der Waals surface area (Å²) in [4.78, 5) is 15.5. The Balaban J connectivity index is 1.77. The van der Waals surface area contributed by atoms with Gasteiger partial charge in [0.2, 0.25) is 0 Å². The van der Waals surface area contributed by atoms with Crippen LogP contribution in [0.1, 0.15) is 85.0 Å². The molecule has 1 heterocycles. The van der Waals surface area contributed by atoms with Crippen molar-refractivity contribution >= 4 is 11.6 Å². The average Bonchev–Trinajstić information content (AvgIpc) is 3.05. The number of ether oxygens (including phenoxy) is 2.